The minimum atomic E-state index is -4.07. The van der Waals surface area contributed by atoms with Crippen LogP contribution < -0.4 is 5.43 Å². The molecule has 1 fully saturated rings. The van der Waals surface area contributed by atoms with Crippen molar-refractivity contribution in [3.63, 3.8) is 0 Å². The highest BCUT2D eigenvalue weighted by Crippen LogP contribution is 2.16. The van der Waals surface area contributed by atoms with Crippen molar-refractivity contribution in [1.29, 1.82) is 0 Å². The molecule has 10 heavy (non-hydrogen) atoms. The van der Waals surface area contributed by atoms with E-state index < -0.39 is 12.7 Å². The molecule has 1 rings (SSSR count). The lowest BCUT2D eigenvalue weighted by Gasteiger charge is -2.16. The van der Waals surface area contributed by atoms with Crippen LogP contribution in [0.15, 0.2) is 0 Å². The molecule has 5 heteroatoms. The van der Waals surface area contributed by atoms with Crippen molar-refractivity contribution < 1.29 is 13.2 Å². The van der Waals surface area contributed by atoms with Crippen molar-refractivity contribution in [3.8, 4) is 0 Å². The molecule has 0 aliphatic carbocycles. The summed E-state index contributed by atoms with van der Waals surface area (Å²) < 4.78 is 34.9. The number of hydrogen-bond donors (Lipinski definition) is 1. The maximum Gasteiger partial charge on any atom is 0.402 e. The largest absolute Gasteiger partial charge is 0.402 e. The molecule has 60 valence electrons. The molecule has 0 amide bonds. The normalized spacial score (nSPS) is 21.9. The molecule has 0 saturated carbocycles. The Balaban J connectivity index is 2.24. The van der Waals surface area contributed by atoms with Crippen LogP contribution in [0.4, 0.5) is 13.2 Å². The molecule has 0 bridgehead atoms. The van der Waals surface area contributed by atoms with E-state index in [1.165, 1.54) is 5.01 Å². The van der Waals surface area contributed by atoms with Gasteiger partial charge in [-0.25, -0.2) is 5.01 Å². The predicted octanol–water partition coefficient (Wildman–Crippen LogP) is 0.759. The van der Waals surface area contributed by atoms with E-state index in [1.54, 1.807) is 0 Å². The van der Waals surface area contributed by atoms with Crippen LogP contribution in [0.3, 0.4) is 0 Å². The molecule has 0 aromatic rings. The van der Waals surface area contributed by atoms with Crippen LogP contribution >= 0.6 is 0 Å². The van der Waals surface area contributed by atoms with Gasteiger partial charge in [0.05, 0.1) is 0 Å². The lowest BCUT2D eigenvalue weighted by Crippen LogP contribution is -2.38. The van der Waals surface area contributed by atoms with Gasteiger partial charge in [-0.1, -0.05) is 0 Å². The second kappa shape index (κ2) is 2.75. The summed E-state index contributed by atoms with van der Waals surface area (Å²) in [6, 6.07) is 0. The summed E-state index contributed by atoms with van der Waals surface area (Å²) >= 11 is 0. The number of alkyl halides is 3. The highest BCUT2D eigenvalue weighted by atomic mass is 19.4. The van der Waals surface area contributed by atoms with Gasteiger partial charge in [-0.05, 0) is 6.42 Å². The molecule has 0 spiro atoms. The first-order valence-corrected chi connectivity index (χ1v) is 3.13. The van der Waals surface area contributed by atoms with E-state index in [9.17, 15) is 13.2 Å². The van der Waals surface area contributed by atoms with Gasteiger partial charge >= 0.3 is 6.18 Å². The van der Waals surface area contributed by atoms with E-state index in [2.05, 4.69) is 5.43 Å². The van der Waals surface area contributed by atoms with Gasteiger partial charge in [-0.2, -0.15) is 13.2 Å². The lowest BCUT2D eigenvalue weighted by molar-refractivity contribution is -0.148. The number of hydrazine groups is 1. The second-order valence-corrected chi connectivity index (χ2v) is 2.30. The Labute approximate surface area is 57.0 Å². The molecular weight excluding hydrogens is 145 g/mol. The van der Waals surface area contributed by atoms with Crippen LogP contribution in [0.2, 0.25) is 0 Å². The Morgan fingerprint density at radius 1 is 1.40 bits per heavy atom. The Morgan fingerprint density at radius 3 is 2.50 bits per heavy atom. The summed E-state index contributed by atoms with van der Waals surface area (Å²) in [6.07, 6.45) is -3.27. The van der Waals surface area contributed by atoms with Crippen LogP contribution in [0.5, 0.6) is 0 Å². The van der Waals surface area contributed by atoms with Gasteiger partial charge in [0.1, 0.15) is 6.54 Å². The second-order valence-electron chi connectivity index (χ2n) is 2.30. The van der Waals surface area contributed by atoms with Gasteiger partial charge in [0, 0.05) is 13.1 Å². The molecule has 1 aliphatic heterocycles. The Hall–Kier alpha value is -0.290. The first kappa shape index (κ1) is 7.81. The molecule has 1 N–H and O–H groups in total. The third-order valence-electron chi connectivity index (χ3n) is 1.31. The van der Waals surface area contributed by atoms with Gasteiger partial charge in [-0.15, -0.1) is 0 Å². The zero-order valence-electron chi connectivity index (χ0n) is 5.41. The van der Waals surface area contributed by atoms with Crippen LogP contribution in [0.25, 0.3) is 0 Å². The number of halogens is 3. The van der Waals surface area contributed by atoms with E-state index in [-0.39, 0.29) is 0 Å². The van der Waals surface area contributed by atoms with E-state index in [0.29, 0.717) is 13.1 Å². The molecule has 1 saturated heterocycles. The Bertz CT molecular complexity index is 106. The third-order valence-corrected chi connectivity index (χ3v) is 1.31. The van der Waals surface area contributed by atoms with Crippen molar-refractivity contribution in [2.75, 3.05) is 19.6 Å². The average molecular weight is 154 g/mol. The van der Waals surface area contributed by atoms with Crippen molar-refractivity contribution >= 4 is 0 Å². The van der Waals surface area contributed by atoms with Gasteiger partial charge in [0.2, 0.25) is 0 Å². The van der Waals surface area contributed by atoms with Gasteiger partial charge in [-0.3, -0.25) is 5.43 Å². The maximum absolute atomic E-state index is 11.6. The fourth-order valence-electron chi connectivity index (χ4n) is 0.938. The number of rotatable bonds is 1. The summed E-state index contributed by atoms with van der Waals surface area (Å²) in [6.45, 7) is 0.322. The molecule has 1 aliphatic rings. The zero-order chi connectivity index (χ0) is 7.61. The topological polar surface area (TPSA) is 15.3 Å². The fourth-order valence-corrected chi connectivity index (χ4v) is 0.938. The molecule has 0 unspecified atom stereocenters. The van der Waals surface area contributed by atoms with Crippen molar-refractivity contribution in [2.45, 2.75) is 12.6 Å². The highest BCUT2D eigenvalue weighted by molar-refractivity contribution is 4.65. The molecule has 2 nitrogen and oxygen atoms in total. The van der Waals surface area contributed by atoms with Crippen LogP contribution in [0, 0.1) is 0 Å². The first-order valence-electron chi connectivity index (χ1n) is 3.13. The van der Waals surface area contributed by atoms with Gasteiger partial charge in [0.15, 0.2) is 0 Å². The van der Waals surface area contributed by atoms with E-state index in [0.717, 1.165) is 6.42 Å². The molecule has 0 radical (unpaired) electrons. The summed E-state index contributed by atoms with van der Waals surface area (Å²) in [5.41, 5.74) is 2.63. The smallest absolute Gasteiger partial charge is 0.255 e. The zero-order valence-corrected chi connectivity index (χ0v) is 5.41. The van der Waals surface area contributed by atoms with E-state index in [4.69, 9.17) is 0 Å². The van der Waals surface area contributed by atoms with Crippen LogP contribution in [-0.4, -0.2) is 30.8 Å². The summed E-state index contributed by atoms with van der Waals surface area (Å²) in [5.74, 6) is 0. The summed E-state index contributed by atoms with van der Waals surface area (Å²) in [4.78, 5) is 0. The quantitative estimate of drug-likeness (QED) is 0.599. The van der Waals surface area contributed by atoms with Crippen molar-refractivity contribution in [2.24, 2.45) is 0 Å². The molecule has 0 aromatic heterocycles. The SMILES string of the molecule is FC(F)(F)CN1CCCN1. The van der Waals surface area contributed by atoms with E-state index in [1.807, 2.05) is 0 Å². The summed E-state index contributed by atoms with van der Waals surface area (Å²) in [7, 11) is 0. The molecular formula is C5H9F3N2. The fraction of sp³-hybridized carbons (Fsp3) is 1.00. The molecule has 0 aromatic carbocycles. The van der Waals surface area contributed by atoms with Crippen LogP contribution in [-0.2, 0) is 0 Å². The van der Waals surface area contributed by atoms with Gasteiger partial charge in [0.25, 0.3) is 0 Å². The minimum Gasteiger partial charge on any atom is -0.255 e. The third kappa shape index (κ3) is 2.53. The number of nitrogens with one attached hydrogen (secondary N) is 1. The van der Waals surface area contributed by atoms with Crippen molar-refractivity contribution in [3.05, 3.63) is 0 Å². The standard InChI is InChI=1S/C5H9F3N2/c6-5(7,8)4-10-3-1-2-9-10/h9H,1-4H2. The minimum absolute atomic E-state index is 0.500. The first-order chi connectivity index (χ1) is 4.58. The lowest BCUT2D eigenvalue weighted by atomic mass is 10.4. The number of nitrogens with zero attached hydrogens (tertiary/aromatic N) is 1. The van der Waals surface area contributed by atoms with Crippen molar-refractivity contribution in [1.82, 2.24) is 10.4 Å². The summed E-state index contributed by atoms with van der Waals surface area (Å²) in [5, 5.41) is 1.19. The highest BCUT2D eigenvalue weighted by Gasteiger charge is 2.31. The maximum atomic E-state index is 11.6. The molecule has 1 heterocycles. The van der Waals surface area contributed by atoms with Crippen LogP contribution in [0.1, 0.15) is 6.42 Å². The Kier molecular flexibility index (Phi) is 2.15. The molecule has 0 atom stereocenters. The predicted molar refractivity (Wildman–Crippen MR) is 30.2 cm³/mol. The van der Waals surface area contributed by atoms with Gasteiger partial charge < -0.3 is 0 Å². The monoisotopic (exact) mass is 154 g/mol. The Morgan fingerprint density at radius 2 is 2.10 bits per heavy atom. The van der Waals surface area contributed by atoms with E-state index >= 15 is 0 Å². The average Bonchev–Trinajstić information content (AvgIpc) is 2.12. The number of hydrogen-bond acceptors (Lipinski definition) is 2.